The molecule has 1 aromatic carbocycles. The normalized spacial score (nSPS) is 20.2. The molecule has 2 aliphatic heterocycles. The van der Waals surface area contributed by atoms with Gasteiger partial charge in [0.05, 0.1) is 0 Å². The van der Waals surface area contributed by atoms with E-state index in [2.05, 4.69) is 29.3 Å². The van der Waals surface area contributed by atoms with Gasteiger partial charge in [-0.15, -0.1) is 0 Å². The predicted octanol–water partition coefficient (Wildman–Crippen LogP) is 2.94. The van der Waals surface area contributed by atoms with Crippen molar-refractivity contribution in [1.29, 1.82) is 0 Å². The number of rotatable bonds is 5. The van der Waals surface area contributed by atoms with Crippen LogP contribution in [0.15, 0.2) is 18.2 Å². The molecule has 0 aliphatic carbocycles. The smallest absolute Gasteiger partial charge is 0.231 e. The maximum atomic E-state index is 5.51. The lowest BCUT2D eigenvalue weighted by Crippen LogP contribution is -2.35. The Labute approximate surface area is 127 Å². The van der Waals surface area contributed by atoms with Crippen LogP contribution in [-0.2, 0) is 0 Å². The fourth-order valence-electron chi connectivity index (χ4n) is 3.24. The maximum absolute atomic E-state index is 5.51. The summed E-state index contributed by atoms with van der Waals surface area (Å²) in [4.78, 5) is 2.60. The summed E-state index contributed by atoms with van der Waals surface area (Å²) < 4.78 is 10.9. The highest BCUT2D eigenvalue weighted by Crippen LogP contribution is 2.34. The standard InChI is InChI=1S/C17H26N2O2/c1-2-18-15(12-19-9-5-3-4-6-10-19)14-7-8-16-17(11-14)21-13-20-16/h7-8,11,15,18H,2-6,9-10,12-13H2,1H3. The molecular weight excluding hydrogens is 264 g/mol. The van der Waals surface area contributed by atoms with E-state index in [1.54, 1.807) is 0 Å². The van der Waals surface area contributed by atoms with Gasteiger partial charge in [-0.1, -0.05) is 25.8 Å². The topological polar surface area (TPSA) is 33.7 Å². The fourth-order valence-corrected chi connectivity index (χ4v) is 3.24. The van der Waals surface area contributed by atoms with E-state index >= 15 is 0 Å². The SMILES string of the molecule is CCNC(CN1CCCCCC1)c1ccc2c(c1)OCO2. The number of ether oxygens (including phenoxy) is 2. The molecule has 0 spiro atoms. The molecule has 1 aromatic rings. The van der Waals surface area contributed by atoms with Crippen LogP contribution in [-0.4, -0.2) is 37.9 Å². The third-order valence-corrected chi connectivity index (χ3v) is 4.39. The van der Waals surface area contributed by atoms with Crippen molar-refractivity contribution in [2.24, 2.45) is 0 Å². The third-order valence-electron chi connectivity index (χ3n) is 4.39. The largest absolute Gasteiger partial charge is 0.454 e. The molecule has 3 rings (SSSR count). The Morgan fingerprint density at radius 3 is 2.62 bits per heavy atom. The van der Waals surface area contributed by atoms with Gasteiger partial charge in [0.25, 0.3) is 0 Å². The van der Waals surface area contributed by atoms with Crippen LogP contribution < -0.4 is 14.8 Å². The third kappa shape index (κ3) is 3.69. The van der Waals surface area contributed by atoms with Crippen LogP contribution in [0.5, 0.6) is 11.5 Å². The van der Waals surface area contributed by atoms with Gasteiger partial charge in [0.15, 0.2) is 11.5 Å². The molecule has 116 valence electrons. The van der Waals surface area contributed by atoms with E-state index in [-0.39, 0.29) is 0 Å². The van der Waals surface area contributed by atoms with Gasteiger partial charge in [-0.3, -0.25) is 0 Å². The van der Waals surface area contributed by atoms with Crippen molar-refractivity contribution in [2.75, 3.05) is 33.0 Å². The highest BCUT2D eigenvalue weighted by molar-refractivity contribution is 5.45. The first-order valence-electron chi connectivity index (χ1n) is 8.22. The second kappa shape index (κ2) is 7.14. The van der Waals surface area contributed by atoms with Crippen molar-refractivity contribution in [3.8, 4) is 11.5 Å². The Morgan fingerprint density at radius 2 is 1.86 bits per heavy atom. The number of fused-ring (bicyclic) bond motifs is 1. The van der Waals surface area contributed by atoms with E-state index in [9.17, 15) is 0 Å². The summed E-state index contributed by atoms with van der Waals surface area (Å²) in [6, 6.07) is 6.69. The van der Waals surface area contributed by atoms with E-state index in [1.807, 2.05) is 6.07 Å². The molecule has 1 saturated heterocycles. The maximum Gasteiger partial charge on any atom is 0.231 e. The van der Waals surface area contributed by atoms with Crippen molar-refractivity contribution < 1.29 is 9.47 Å². The Bertz CT molecular complexity index is 456. The minimum absolute atomic E-state index is 0.344. The lowest BCUT2D eigenvalue weighted by Gasteiger charge is -2.27. The summed E-state index contributed by atoms with van der Waals surface area (Å²) in [6.45, 7) is 7.03. The van der Waals surface area contributed by atoms with E-state index in [4.69, 9.17) is 9.47 Å². The number of hydrogen-bond acceptors (Lipinski definition) is 4. The second-order valence-corrected chi connectivity index (χ2v) is 5.94. The van der Waals surface area contributed by atoms with Crippen molar-refractivity contribution in [1.82, 2.24) is 10.2 Å². The monoisotopic (exact) mass is 290 g/mol. The van der Waals surface area contributed by atoms with Crippen LogP contribution in [0.2, 0.25) is 0 Å². The van der Waals surface area contributed by atoms with Crippen molar-refractivity contribution >= 4 is 0 Å². The van der Waals surface area contributed by atoms with E-state index < -0.39 is 0 Å². The van der Waals surface area contributed by atoms with Gasteiger partial charge < -0.3 is 19.7 Å². The van der Waals surface area contributed by atoms with Crippen molar-refractivity contribution in [2.45, 2.75) is 38.6 Å². The predicted molar refractivity (Wildman–Crippen MR) is 83.9 cm³/mol. The van der Waals surface area contributed by atoms with Gasteiger partial charge in [0.1, 0.15) is 0 Å². The summed E-state index contributed by atoms with van der Waals surface area (Å²) in [5.74, 6) is 1.75. The Balaban J connectivity index is 1.71. The molecule has 4 heteroatoms. The lowest BCUT2D eigenvalue weighted by molar-refractivity contribution is 0.174. The molecule has 21 heavy (non-hydrogen) atoms. The zero-order valence-electron chi connectivity index (χ0n) is 12.9. The summed E-state index contributed by atoms with van der Waals surface area (Å²) in [6.07, 6.45) is 5.43. The van der Waals surface area contributed by atoms with E-state index in [0.29, 0.717) is 12.8 Å². The summed E-state index contributed by atoms with van der Waals surface area (Å²) >= 11 is 0. The molecule has 0 amide bonds. The van der Waals surface area contributed by atoms with Crippen LogP contribution in [0.3, 0.4) is 0 Å². The minimum atomic E-state index is 0.344. The number of nitrogens with zero attached hydrogens (tertiary/aromatic N) is 1. The Morgan fingerprint density at radius 1 is 1.10 bits per heavy atom. The zero-order chi connectivity index (χ0) is 14.5. The van der Waals surface area contributed by atoms with Gasteiger partial charge >= 0.3 is 0 Å². The Hall–Kier alpha value is -1.26. The number of likely N-dealkylation sites (N-methyl/N-ethyl adjacent to an activating group) is 1. The van der Waals surface area contributed by atoms with Gasteiger partial charge in [-0.05, 0) is 50.2 Å². The van der Waals surface area contributed by atoms with Gasteiger partial charge in [-0.2, -0.15) is 0 Å². The molecular formula is C17H26N2O2. The second-order valence-electron chi connectivity index (χ2n) is 5.94. The van der Waals surface area contributed by atoms with Crippen molar-refractivity contribution in [3.63, 3.8) is 0 Å². The van der Waals surface area contributed by atoms with Crippen LogP contribution in [0.4, 0.5) is 0 Å². The molecule has 2 heterocycles. The summed E-state index contributed by atoms with van der Waals surface area (Å²) in [5, 5.41) is 3.62. The zero-order valence-corrected chi connectivity index (χ0v) is 12.9. The van der Waals surface area contributed by atoms with Crippen LogP contribution in [0.25, 0.3) is 0 Å². The number of nitrogens with one attached hydrogen (secondary N) is 1. The van der Waals surface area contributed by atoms with Crippen LogP contribution >= 0.6 is 0 Å². The molecule has 0 saturated carbocycles. The molecule has 2 aliphatic rings. The molecule has 0 aromatic heterocycles. The molecule has 0 radical (unpaired) electrons. The molecule has 4 nitrogen and oxygen atoms in total. The number of benzene rings is 1. The molecule has 1 fully saturated rings. The first-order chi connectivity index (χ1) is 10.4. The van der Waals surface area contributed by atoms with Gasteiger partial charge in [-0.25, -0.2) is 0 Å². The molecule has 1 N–H and O–H groups in total. The van der Waals surface area contributed by atoms with Crippen LogP contribution in [0, 0.1) is 0 Å². The highest BCUT2D eigenvalue weighted by Gasteiger charge is 2.20. The van der Waals surface area contributed by atoms with Gasteiger partial charge in [0, 0.05) is 12.6 Å². The number of likely N-dealkylation sites (tertiary alicyclic amines) is 1. The minimum Gasteiger partial charge on any atom is -0.454 e. The van der Waals surface area contributed by atoms with Gasteiger partial charge in [0.2, 0.25) is 6.79 Å². The Kier molecular flexibility index (Phi) is 4.99. The summed E-state index contributed by atoms with van der Waals surface area (Å²) in [5.41, 5.74) is 1.30. The fraction of sp³-hybridized carbons (Fsp3) is 0.647. The summed E-state index contributed by atoms with van der Waals surface area (Å²) in [7, 11) is 0. The van der Waals surface area contributed by atoms with E-state index in [1.165, 1.54) is 44.3 Å². The van der Waals surface area contributed by atoms with Crippen molar-refractivity contribution in [3.05, 3.63) is 23.8 Å². The first-order valence-corrected chi connectivity index (χ1v) is 8.22. The van der Waals surface area contributed by atoms with E-state index in [0.717, 1.165) is 24.6 Å². The number of hydrogen-bond donors (Lipinski definition) is 1. The quantitative estimate of drug-likeness (QED) is 0.904. The average Bonchev–Trinajstić information content (AvgIpc) is 2.82. The molecule has 1 atom stereocenters. The van der Waals surface area contributed by atoms with Crippen LogP contribution in [0.1, 0.15) is 44.2 Å². The average molecular weight is 290 g/mol. The molecule has 0 bridgehead atoms. The first kappa shape index (κ1) is 14.7. The molecule has 1 unspecified atom stereocenters. The lowest BCUT2D eigenvalue weighted by atomic mass is 10.1. The highest BCUT2D eigenvalue weighted by atomic mass is 16.7.